The maximum Gasteiger partial charge on any atom is 0.227 e. The maximum atomic E-state index is 12.2. The molecule has 1 aromatic heterocycles. The average molecular weight is 264 g/mol. The van der Waals surface area contributed by atoms with E-state index in [9.17, 15) is 4.79 Å². The molecule has 1 saturated heterocycles. The van der Waals surface area contributed by atoms with Crippen LogP contribution in [0.1, 0.15) is 39.3 Å². The van der Waals surface area contributed by atoms with Crippen molar-refractivity contribution in [1.29, 1.82) is 0 Å². The number of hydrogen-bond acceptors (Lipinski definition) is 3. The number of nitrogens with zero attached hydrogens (tertiary/aromatic N) is 2. The fourth-order valence-electron chi connectivity index (χ4n) is 2.40. The Balaban J connectivity index is 1.75. The van der Waals surface area contributed by atoms with E-state index in [4.69, 9.17) is 0 Å². The highest BCUT2D eigenvalue weighted by Crippen LogP contribution is 2.21. The molecule has 19 heavy (non-hydrogen) atoms. The number of likely N-dealkylation sites (tertiary alicyclic amines) is 1. The van der Waals surface area contributed by atoms with E-state index in [1.54, 1.807) is 6.33 Å². The predicted octanol–water partition coefficient (Wildman–Crippen LogP) is 1.54. The Morgan fingerprint density at radius 1 is 1.47 bits per heavy atom. The summed E-state index contributed by atoms with van der Waals surface area (Å²) in [6.07, 6.45) is 5.58. The van der Waals surface area contributed by atoms with Crippen molar-refractivity contribution >= 4 is 5.91 Å². The lowest BCUT2D eigenvalue weighted by Crippen LogP contribution is -2.48. The summed E-state index contributed by atoms with van der Waals surface area (Å²) in [5.74, 6) is 0.263. The highest BCUT2D eigenvalue weighted by molar-refractivity contribution is 5.81. The number of imidazole rings is 1. The fraction of sp³-hybridized carbons (Fsp3) is 0.714. The second-order valence-electron chi connectivity index (χ2n) is 6.27. The zero-order valence-corrected chi connectivity index (χ0v) is 12.1. The molecule has 1 aliphatic heterocycles. The van der Waals surface area contributed by atoms with Crippen molar-refractivity contribution in [2.75, 3.05) is 13.1 Å². The SMILES string of the molecule is CC(C)(C)C(=O)N1CCC(NCc2cnc[nH]2)CC1. The molecule has 0 unspecified atom stereocenters. The lowest BCUT2D eigenvalue weighted by molar-refractivity contribution is -0.140. The van der Waals surface area contributed by atoms with Crippen LogP contribution in [0.5, 0.6) is 0 Å². The number of carbonyl (C=O) groups is 1. The summed E-state index contributed by atoms with van der Waals surface area (Å²) in [5.41, 5.74) is 0.837. The summed E-state index contributed by atoms with van der Waals surface area (Å²) < 4.78 is 0. The Morgan fingerprint density at radius 3 is 2.68 bits per heavy atom. The van der Waals surface area contributed by atoms with E-state index in [1.165, 1.54) is 0 Å². The molecule has 106 valence electrons. The van der Waals surface area contributed by atoms with Crippen molar-refractivity contribution in [1.82, 2.24) is 20.2 Å². The van der Waals surface area contributed by atoms with Crippen LogP contribution in [0.3, 0.4) is 0 Å². The number of hydrogen-bond donors (Lipinski definition) is 2. The monoisotopic (exact) mass is 264 g/mol. The van der Waals surface area contributed by atoms with Crippen LogP contribution < -0.4 is 5.32 Å². The third kappa shape index (κ3) is 3.80. The molecule has 0 atom stereocenters. The highest BCUT2D eigenvalue weighted by atomic mass is 16.2. The largest absolute Gasteiger partial charge is 0.347 e. The van der Waals surface area contributed by atoms with Gasteiger partial charge in [0.1, 0.15) is 0 Å². The minimum atomic E-state index is -0.268. The van der Waals surface area contributed by atoms with Gasteiger partial charge in [0, 0.05) is 43.0 Å². The molecule has 0 bridgehead atoms. The van der Waals surface area contributed by atoms with E-state index >= 15 is 0 Å². The van der Waals surface area contributed by atoms with Gasteiger partial charge in [0.05, 0.1) is 6.33 Å². The van der Waals surface area contributed by atoms with E-state index < -0.39 is 0 Å². The second-order valence-corrected chi connectivity index (χ2v) is 6.27. The van der Waals surface area contributed by atoms with Gasteiger partial charge in [-0.15, -0.1) is 0 Å². The molecule has 0 radical (unpaired) electrons. The molecule has 1 aliphatic rings. The average Bonchev–Trinajstić information content (AvgIpc) is 2.88. The van der Waals surface area contributed by atoms with Crippen LogP contribution >= 0.6 is 0 Å². The molecule has 0 spiro atoms. The van der Waals surface area contributed by atoms with Gasteiger partial charge in [-0.1, -0.05) is 20.8 Å². The number of rotatable bonds is 3. The molecular weight excluding hydrogens is 240 g/mol. The number of aromatic amines is 1. The molecule has 2 N–H and O–H groups in total. The maximum absolute atomic E-state index is 12.2. The van der Waals surface area contributed by atoms with Crippen molar-refractivity contribution in [3.8, 4) is 0 Å². The first-order valence-electron chi connectivity index (χ1n) is 6.97. The number of piperidine rings is 1. The normalized spacial score (nSPS) is 17.7. The van der Waals surface area contributed by atoms with Crippen LogP contribution in [0.25, 0.3) is 0 Å². The molecule has 2 rings (SSSR count). The molecule has 1 fully saturated rings. The molecule has 2 heterocycles. The summed E-state index contributed by atoms with van der Waals surface area (Å²) in [5, 5.41) is 3.51. The lowest BCUT2D eigenvalue weighted by Gasteiger charge is -2.36. The van der Waals surface area contributed by atoms with Crippen molar-refractivity contribution in [2.24, 2.45) is 5.41 Å². The number of nitrogens with one attached hydrogen (secondary N) is 2. The van der Waals surface area contributed by atoms with E-state index in [-0.39, 0.29) is 11.3 Å². The van der Waals surface area contributed by atoms with Crippen molar-refractivity contribution in [3.05, 3.63) is 18.2 Å². The summed E-state index contributed by atoms with van der Waals surface area (Å²) in [6, 6.07) is 0.493. The summed E-state index contributed by atoms with van der Waals surface area (Å²) >= 11 is 0. The summed E-state index contributed by atoms with van der Waals surface area (Å²) in [6.45, 7) is 8.49. The number of amides is 1. The second kappa shape index (κ2) is 5.74. The van der Waals surface area contributed by atoms with Gasteiger partial charge in [-0.05, 0) is 12.8 Å². The highest BCUT2D eigenvalue weighted by Gasteiger charge is 2.30. The molecule has 0 aliphatic carbocycles. The number of aromatic nitrogens is 2. The fourth-order valence-corrected chi connectivity index (χ4v) is 2.40. The smallest absolute Gasteiger partial charge is 0.227 e. The van der Waals surface area contributed by atoms with Gasteiger partial charge in [0.25, 0.3) is 0 Å². The topological polar surface area (TPSA) is 61.0 Å². The van der Waals surface area contributed by atoms with Gasteiger partial charge >= 0.3 is 0 Å². The standard InChI is InChI=1S/C14H24N4O/c1-14(2,3)13(19)18-6-4-11(5-7-18)16-9-12-8-15-10-17-12/h8,10-11,16H,4-7,9H2,1-3H3,(H,15,17). The first kappa shape index (κ1) is 14.1. The van der Waals surface area contributed by atoms with Gasteiger partial charge in [0.2, 0.25) is 5.91 Å². The number of carbonyl (C=O) groups excluding carboxylic acids is 1. The van der Waals surface area contributed by atoms with E-state index in [1.807, 2.05) is 31.9 Å². The van der Waals surface area contributed by atoms with E-state index in [0.717, 1.165) is 38.2 Å². The first-order chi connectivity index (χ1) is 8.97. The van der Waals surface area contributed by atoms with Crippen LogP contribution in [0.15, 0.2) is 12.5 Å². The van der Waals surface area contributed by atoms with E-state index in [2.05, 4.69) is 15.3 Å². The van der Waals surface area contributed by atoms with Crippen LogP contribution in [-0.2, 0) is 11.3 Å². The van der Waals surface area contributed by atoms with Gasteiger partial charge in [-0.2, -0.15) is 0 Å². The molecule has 1 aromatic rings. The van der Waals surface area contributed by atoms with Crippen LogP contribution in [-0.4, -0.2) is 39.9 Å². The minimum absolute atomic E-state index is 0.263. The van der Waals surface area contributed by atoms with Gasteiger partial charge in [-0.3, -0.25) is 4.79 Å². The van der Waals surface area contributed by atoms with Crippen LogP contribution in [0, 0.1) is 5.41 Å². The van der Waals surface area contributed by atoms with Gasteiger partial charge < -0.3 is 15.2 Å². The Morgan fingerprint density at radius 2 is 2.16 bits per heavy atom. The predicted molar refractivity (Wildman–Crippen MR) is 74.5 cm³/mol. The Kier molecular flexibility index (Phi) is 4.24. The Hall–Kier alpha value is -1.36. The Labute approximate surface area is 114 Å². The van der Waals surface area contributed by atoms with Crippen LogP contribution in [0.4, 0.5) is 0 Å². The van der Waals surface area contributed by atoms with Crippen molar-refractivity contribution in [2.45, 2.75) is 46.2 Å². The third-order valence-corrected chi connectivity index (χ3v) is 3.56. The van der Waals surface area contributed by atoms with E-state index in [0.29, 0.717) is 6.04 Å². The molecule has 0 aromatic carbocycles. The molecule has 0 saturated carbocycles. The van der Waals surface area contributed by atoms with Gasteiger partial charge in [-0.25, -0.2) is 4.98 Å². The van der Waals surface area contributed by atoms with Gasteiger partial charge in [0.15, 0.2) is 0 Å². The third-order valence-electron chi connectivity index (χ3n) is 3.56. The molecular formula is C14H24N4O. The molecule has 5 heteroatoms. The van der Waals surface area contributed by atoms with Crippen molar-refractivity contribution < 1.29 is 4.79 Å². The zero-order valence-electron chi connectivity index (χ0n) is 12.1. The molecule has 1 amide bonds. The summed E-state index contributed by atoms with van der Waals surface area (Å²) in [4.78, 5) is 21.2. The Bertz CT molecular complexity index is 400. The lowest BCUT2D eigenvalue weighted by atomic mass is 9.93. The minimum Gasteiger partial charge on any atom is -0.347 e. The number of H-pyrrole nitrogens is 1. The zero-order chi connectivity index (χ0) is 13.9. The van der Waals surface area contributed by atoms with Crippen LogP contribution in [0.2, 0.25) is 0 Å². The first-order valence-corrected chi connectivity index (χ1v) is 6.97. The summed E-state index contributed by atoms with van der Waals surface area (Å²) in [7, 11) is 0. The molecule has 5 nitrogen and oxygen atoms in total. The van der Waals surface area contributed by atoms with Crippen molar-refractivity contribution in [3.63, 3.8) is 0 Å². The quantitative estimate of drug-likeness (QED) is 0.870.